The lowest BCUT2D eigenvalue weighted by molar-refractivity contribution is -0.142. The molecule has 1 atom stereocenters. The van der Waals surface area contributed by atoms with Crippen molar-refractivity contribution >= 4 is 21.9 Å². The van der Waals surface area contributed by atoms with E-state index in [4.69, 9.17) is 5.53 Å². The molecule has 0 radical (unpaired) electrons. The summed E-state index contributed by atoms with van der Waals surface area (Å²) >= 11 is 2.81. The van der Waals surface area contributed by atoms with Crippen LogP contribution < -0.4 is 0 Å². The first kappa shape index (κ1) is 9.26. The minimum absolute atomic E-state index is 0.280. The maximum absolute atomic E-state index is 10.6. The number of nitrogens with zero attached hydrogens (tertiary/aromatic N) is 3. The van der Waals surface area contributed by atoms with Gasteiger partial charge in [-0.1, -0.05) is 21.0 Å². The maximum Gasteiger partial charge on any atom is 0.325 e. The molecule has 0 aliphatic rings. The molecule has 0 heterocycles. The lowest BCUT2D eigenvalue weighted by Gasteiger charge is -2.00. The van der Waals surface area contributed by atoms with E-state index in [9.17, 15) is 4.79 Å². The van der Waals surface area contributed by atoms with Crippen LogP contribution in [0.4, 0.5) is 0 Å². The SMILES string of the molecule is CCOC(=O)C(Br)N=[N+]=[N-]. The van der Waals surface area contributed by atoms with E-state index in [0.717, 1.165) is 0 Å². The van der Waals surface area contributed by atoms with Crippen molar-refractivity contribution in [3.63, 3.8) is 0 Å². The number of carbonyl (C=O) groups is 1. The van der Waals surface area contributed by atoms with Crippen LogP contribution in [0.2, 0.25) is 0 Å². The average molecular weight is 208 g/mol. The van der Waals surface area contributed by atoms with Crippen LogP contribution in [0.5, 0.6) is 0 Å². The zero-order valence-electron chi connectivity index (χ0n) is 5.32. The topological polar surface area (TPSA) is 75.1 Å². The number of alkyl halides is 1. The van der Waals surface area contributed by atoms with E-state index >= 15 is 0 Å². The van der Waals surface area contributed by atoms with E-state index in [1.807, 2.05) is 0 Å². The molecular weight excluding hydrogens is 202 g/mol. The Bertz CT molecular complexity index is 166. The van der Waals surface area contributed by atoms with Crippen molar-refractivity contribution in [1.82, 2.24) is 0 Å². The van der Waals surface area contributed by atoms with Crippen molar-refractivity contribution in [3.8, 4) is 0 Å². The Morgan fingerprint density at radius 2 is 2.60 bits per heavy atom. The van der Waals surface area contributed by atoms with Gasteiger partial charge < -0.3 is 4.74 Å². The van der Waals surface area contributed by atoms with E-state index < -0.39 is 10.9 Å². The standard InChI is InChI=1S/C4H6BrN3O2/c1-2-10-4(9)3(5)7-8-6/h3H,2H2,1H3. The predicted octanol–water partition coefficient (Wildman–Crippen LogP) is 1.58. The van der Waals surface area contributed by atoms with E-state index in [0.29, 0.717) is 0 Å². The van der Waals surface area contributed by atoms with Gasteiger partial charge in [-0.3, -0.25) is 4.79 Å². The Morgan fingerprint density at radius 1 is 2.00 bits per heavy atom. The molecule has 0 aromatic heterocycles. The molecule has 0 aliphatic heterocycles. The summed E-state index contributed by atoms with van der Waals surface area (Å²) in [6.45, 7) is 1.95. The summed E-state index contributed by atoms with van der Waals surface area (Å²) in [6.07, 6.45) is 0. The zero-order valence-corrected chi connectivity index (χ0v) is 6.91. The lowest BCUT2D eigenvalue weighted by atomic mass is 10.7. The van der Waals surface area contributed by atoms with Gasteiger partial charge in [0.15, 0.2) is 4.95 Å². The third kappa shape index (κ3) is 3.32. The third-order valence-electron chi connectivity index (χ3n) is 0.634. The van der Waals surface area contributed by atoms with Gasteiger partial charge in [-0.2, -0.15) is 0 Å². The van der Waals surface area contributed by atoms with Gasteiger partial charge in [0.1, 0.15) is 0 Å². The highest BCUT2D eigenvalue weighted by atomic mass is 79.9. The Kier molecular flexibility index (Phi) is 4.70. The Hall–Kier alpha value is -0.740. The number of azide groups is 1. The highest BCUT2D eigenvalue weighted by Gasteiger charge is 2.12. The molecule has 0 saturated heterocycles. The molecule has 0 aliphatic carbocycles. The van der Waals surface area contributed by atoms with Crippen molar-refractivity contribution in [1.29, 1.82) is 0 Å². The molecule has 1 unspecified atom stereocenters. The molecule has 0 bridgehead atoms. The van der Waals surface area contributed by atoms with Gasteiger partial charge in [-0.25, -0.2) is 0 Å². The smallest absolute Gasteiger partial charge is 0.325 e. The Balaban J connectivity index is 3.81. The first-order valence-corrected chi connectivity index (χ1v) is 3.48. The molecule has 6 heteroatoms. The molecule has 10 heavy (non-hydrogen) atoms. The molecule has 56 valence electrons. The quantitative estimate of drug-likeness (QED) is 0.176. The third-order valence-corrected chi connectivity index (χ3v) is 1.19. The Labute approximate surface area is 66.1 Å². The molecule has 0 amide bonds. The fourth-order valence-electron chi connectivity index (χ4n) is 0.304. The first-order chi connectivity index (χ1) is 4.72. The summed E-state index contributed by atoms with van der Waals surface area (Å²) < 4.78 is 4.51. The molecule has 0 aromatic rings. The molecular formula is C4H6BrN3O2. The minimum atomic E-state index is -0.905. The van der Waals surface area contributed by atoms with Crippen LogP contribution in [0.1, 0.15) is 6.92 Å². The van der Waals surface area contributed by atoms with E-state index in [1.165, 1.54) is 0 Å². The molecule has 0 fully saturated rings. The number of carbonyl (C=O) groups excluding carboxylic acids is 1. The molecule has 0 rings (SSSR count). The first-order valence-electron chi connectivity index (χ1n) is 2.57. The van der Waals surface area contributed by atoms with Crippen LogP contribution in [0.3, 0.4) is 0 Å². The second kappa shape index (κ2) is 5.08. The zero-order chi connectivity index (χ0) is 7.98. The number of halogens is 1. The van der Waals surface area contributed by atoms with Crippen molar-refractivity contribution < 1.29 is 9.53 Å². The fraction of sp³-hybridized carbons (Fsp3) is 0.750. The maximum atomic E-state index is 10.6. The Morgan fingerprint density at radius 3 is 3.00 bits per heavy atom. The second-order valence-corrected chi connectivity index (χ2v) is 2.16. The molecule has 0 spiro atoms. The van der Waals surface area contributed by atoms with Gasteiger partial charge in [0.2, 0.25) is 0 Å². The van der Waals surface area contributed by atoms with Crippen molar-refractivity contribution in [3.05, 3.63) is 10.4 Å². The predicted molar refractivity (Wildman–Crippen MR) is 38.5 cm³/mol. The normalized spacial score (nSPS) is 11.4. The summed E-state index contributed by atoms with van der Waals surface area (Å²) in [6, 6.07) is 0. The fourth-order valence-corrected chi connectivity index (χ4v) is 0.518. The number of hydrogen-bond donors (Lipinski definition) is 0. The molecule has 0 saturated carbocycles. The van der Waals surface area contributed by atoms with Gasteiger partial charge >= 0.3 is 5.97 Å². The summed E-state index contributed by atoms with van der Waals surface area (Å²) in [7, 11) is 0. The van der Waals surface area contributed by atoms with Crippen LogP contribution >= 0.6 is 15.9 Å². The van der Waals surface area contributed by atoms with Crippen LogP contribution in [0.25, 0.3) is 10.4 Å². The van der Waals surface area contributed by atoms with Gasteiger partial charge in [-0.15, -0.1) is 0 Å². The number of hydrogen-bond acceptors (Lipinski definition) is 3. The van der Waals surface area contributed by atoms with Crippen molar-refractivity contribution in [2.24, 2.45) is 5.11 Å². The summed E-state index contributed by atoms with van der Waals surface area (Å²) in [4.78, 5) is 12.1. The highest BCUT2D eigenvalue weighted by molar-refractivity contribution is 9.10. The number of esters is 1. The van der Waals surface area contributed by atoms with Crippen LogP contribution in [0, 0.1) is 0 Å². The van der Waals surface area contributed by atoms with Crippen molar-refractivity contribution in [2.75, 3.05) is 6.61 Å². The van der Waals surface area contributed by atoms with Crippen LogP contribution in [-0.4, -0.2) is 17.5 Å². The van der Waals surface area contributed by atoms with Gasteiger partial charge in [0, 0.05) is 4.91 Å². The van der Waals surface area contributed by atoms with E-state index in [-0.39, 0.29) is 6.61 Å². The lowest BCUT2D eigenvalue weighted by Crippen LogP contribution is -2.14. The summed E-state index contributed by atoms with van der Waals surface area (Å²) in [5.74, 6) is -0.569. The van der Waals surface area contributed by atoms with Crippen LogP contribution in [0.15, 0.2) is 5.11 Å². The summed E-state index contributed by atoms with van der Waals surface area (Å²) in [5, 5.41) is 3.07. The van der Waals surface area contributed by atoms with Crippen LogP contribution in [-0.2, 0) is 9.53 Å². The van der Waals surface area contributed by atoms with E-state index in [2.05, 4.69) is 30.7 Å². The van der Waals surface area contributed by atoms with Crippen molar-refractivity contribution in [2.45, 2.75) is 11.9 Å². The monoisotopic (exact) mass is 207 g/mol. The number of rotatable bonds is 3. The minimum Gasteiger partial charge on any atom is -0.465 e. The highest BCUT2D eigenvalue weighted by Crippen LogP contribution is 2.03. The molecule has 0 N–H and O–H groups in total. The number of ether oxygens (including phenoxy) is 1. The van der Waals surface area contributed by atoms with Gasteiger partial charge in [0.05, 0.1) is 6.61 Å². The largest absolute Gasteiger partial charge is 0.465 e. The van der Waals surface area contributed by atoms with Gasteiger partial charge in [-0.05, 0) is 12.5 Å². The van der Waals surface area contributed by atoms with E-state index in [1.54, 1.807) is 6.92 Å². The molecule has 5 nitrogen and oxygen atoms in total. The summed E-state index contributed by atoms with van der Waals surface area (Å²) in [5.41, 5.74) is 7.87. The average Bonchev–Trinajstić information content (AvgIpc) is 1.89. The molecule has 0 aromatic carbocycles. The van der Waals surface area contributed by atoms with Gasteiger partial charge in [0.25, 0.3) is 0 Å². The second-order valence-electron chi connectivity index (χ2n) is 1.29.